The zero-order chi connectivity index (χ0) is 18.1. The van der Waals surface area contributed by atoms with Crippen molar-refractivity contribution < 1.29 is 9.21 Å². The van der Waals surface area contributed by atoms with E-state index in [0.29, 0.717) is 15.8 Å². The van der Waals surface area contributed by atoms with Crippen molar-refractivity contribution in [3.63, 3.8) is 0 Å². The Bertz CT molecular complexity index is 1060. The van der Waals surface area contributed by atoms with Gasteiger partial charge in [-0.3, -0.25) is 4.79 Å². The van der Waals surface area contributed by atoms with Crippen molar-refractivity contribution >= 4 is 45.6 Å². The molecule has 26 heavy (non-hydrogen) atoms. The van der Waals surface area contributed by atoms with Crippen molar-refractivity contribution in [1.29, 1.82) is 0 Å². The molecule has 130 valence electrons. The van der Waals surface area contributed by atoms with Gasteiger partial charge in [-0.15, -0.1) is 0 Å². The Hall–Kier alpha value is -2.79. The number of carbonyl (C=O) groups is 1. The lowest BCUT2D eigenvalue weighted by Crippen LogP contribution is -2.19. The van der Waals surface area contributed by atoms with Gasteiger partial charge in [0.2, 0.25) is 0 Å². The smallest absolute Gasteiger partial charge is 0.264 e. The molecule has 0 spiro atoms. The molecule has 1 saturated heterocycles. The number of thioether (sulfide) groups is 1. The van der Waals surface area contributed by atoms with Crippen LogP contribution in [-0.4, -0.2) is 11.1 Å². The first kappa shape index (κ1) is 16.7. The molecule has 2 heterocycles. The molecule has 1 aromatic heterocycles. The van der Waals surface area contributed by atoms with Crippen molar-refractivity contribution in [3.8, 4) is 0 Å². The van der Waals surface area contributed by atoms with Crippen molar-refractivity contribution in [2.45, 2.75) is 20.3 Å². The maximum atomic E-state index is 12.3. The number of para-hydroxylation sites is 2. The second kappa shape index (κ2) is 6.84. The summed E-state index contributed by atoms with van der Waals surface area (Å²) in [6.07, 6.45) is 2.68. The van der Waals surface area contributed by atoms with Crippen LogP contribution in [0.3, 0.4) is 0 Å². The molecule has 0 atom stereocenters. The number of hydrogen-bond donors (Lipinski definition) is 1. The van der Waals surface area contributed by atoms with E-state index in [1.807, 2.05) is 49.4 Å². The van der Waals surface area contributed by atoms with Gasteiger partial charge in [-0.1, -0.05) is 43.3 Å². The molecular formula is C21H18N2O2S. The van der Waals surface area contributed by atoms with Gasteiger partial charge in [-0.05, 0) is 48.4 Å². The third-order valence-corrected chi connectivity index (χ3v) is 5.20. The zero-order valence-corrected chi connectivity index (χ0v) is 15.4. The van der Waals surface area contributed by atoms with Gasteiger partial charge in [-0.25, -0.2) is 4.99 Å². The highest BCUT2D eigenvalue weighted by molar-refractivity contribution is 8.18. The summed E-state index contributed by atoms with van der Waals surface area (Å²) in [5.74, 6) is 0.522. The summed E-state index contributed by atoms with van der Waals surface area (Å²) >= 11 is 1.33. The summed E-state index contributed by atoms with van der Waals surface area (Å²) in [6, 6.07) is 15.9. The van der Waals surface area contributed by atoms with Crippen molar-refractivity contribution in [2.24, 2.45) is 4.99 Å². The predicted octanol–water partition coefficient (Wildman–Crippen LogP) is 5.20. The van der Waals surface area contributed by atoms with Gasteiger partial charge in [-0.2, -0.15) is 0 Å². The highest BCUT2D eigenvalue weighted by atomic mass is 32.2. The van der Waals surface area contributed by atoms with Crippen LogP contribution < -0.4 is 5.32 Å². The fourth-order valence-corrected chi connectivity index (χ4v) is 3.72. The number of hydrogen-bond acceptors (Lipinski definition) is 4. The first-order chi connectivity index (χ1) is 12.6. The average Bonchev–Trinajstić information content (AvgIpc) is 3.20. The first-order valence-electron chi connectivity index (χ1n) is 8.50. The topological polar surface area (TPSA) is 54.6 Å². The fraction of sp³-hybridized carbons (Fsp3) is 0.143. The van der Waals surface area contributed by atoms with Gasteiger partial charge in [0, 0.05) is 11.5 Å². The van der Waals surface area contributed by atoms with Gasteiger partial charge in [0.05, 0.1) is 10.6 Å². The molecular weight excluding hydrogens is 344 g/mol. The summed E-state index contributed by atoms with van der Waals surface area (Å²) in [6.45, 7) is 4.10. The van der Waals surface area contributed by atoms with E-state index in [9.17, 15) is 4.79 Å². The van der Waals surface area contributed by atoms with Gasteiger partial charge >= 0.3 is 0 Å². The van der Waals surface area contributed by atoms with Crippen molar-refractivity contribution in [2.75, 3.05) is 0 Å². The molecule has 4 rings (SSSR count). The van der Waals surface area contributed by atoms with Crippen LogP contribution >= 0.6 is 11.8 Å². The number of aliphatic imine (C=N–C) groups is 1. The number of benzene rings is 2. The second-order valence-corrected chi connectivity index (χ2v) is 7.14. The van der Waals surface area contributed by atoms with E-state index in [0.717, 1.165) is 34.2 Å². The molecule has 3 aromatic rings. The largest absolute Gasteiger partial charge is 0.456 e. The van der Waals surface area contributed by atoms with Crippen LogP contribution in [0.1, 0.15) is 23.8 Å². The molecule has 0 aliphatic carbocycles. The normalized spacial score (nSPS) is 17.4. The van der Waals surface area contributed by atoms with Crippen LogP contribution in [-0.2, 0) is 11.2 Å². The molecule has 1 amide bonds. The molecule has 0 radical (unpaired) electrons. The van der Waals surface area contributed by atoms with Gasteiger partial charge in [0.25, 0.3) is 5.91 Å². The number of nitrogens with one attached hydrogen (secondary N) is 1. The Morgan fingerprint density at radius 2 is 2.04 bits per heavy atom. The van der Waals surface area contributed by atoms with Crippen LogP contribution in [0.5, 0.6) is 0 Å². The Balaban J connectivity index is 1.64. The molecule has 0 unspecified atom stereocenters. The number of carbonyl (C=O) groups excluding carboxylic acids is 1. The van der Waals surface area contributed by atoms with E-state index in [1.54, 1.807) is 6.08 Å². The van der Waals surface area contributed by atoms with Crippen molar-refractivity contribution in [3.05, 3.63) is 70.3 Å². The fourth-order valence-electron chi connectivity index (χ4n) is 2.90. The number of aryl methyl sites for hydroxylation is 2. The van der Waals surface area contributed by atoms with Gasteiger partial charge in [0.15, 0.2) is 5.17 Å². The Morgan fingerprint density at radius 3 is 2.85 bits per heavy atom. The molecule has 5 heteroatoms. The minimum atomic E-state index is -0.154. The Kier molecular flexibility index (Phi) is 4.39. The summed E-state index contributed by atoms with van der Waals surface area (Å²) < 4.78 is 5.96. The highest BCUT2D eigenvalue weighted by Crippen LogP contribution is 2.31. The third kappa shape index (κ3) is 3.18. The molecule has 1 aliphatic rings. The lowest BCUT2D eigenvalue weighted by Gasteiger charge is -1.99. The lowest BCUT2D eigenvalue weighted by atomic mass is 10.1. The molecule has 2 aromatic carbocycles. The summed E-state index contributed by atoms with van der Waals surface area (Å²) in [7, 11) is 0. The molecule has 0 saturated carbocycles. The average molecular weight is 362 g/mol. The number of rotatable bonds is 3. The summed E-state index contributed by atoms with van der Waals surface area (Å²) in [4.78, 5) is 17.4. The van der Waals surface area contributed by atoms with Crippen LogP contribution in [0.15, 0.2) is 62.8 Å². The number of amidine groups is 1. The minimum Gasteiger partial charge on any atom is -0.456 e. The molecule has 0 bridgehead atoms. The summed E-state index contributed by atoms with van der Waals surface area (Å²) in [5.41, 5.74) is 3.97. The maximum Gasteiger partial charge on any atom is 0.264 e. The molecule has 1 fully saturated rings. The van der Waals surface area contributed by atoms with Gasteiger partial charge < -0.3 is 9.73 Å². The highest BCUT2D eigenvalue weighted by Gasteiger charge is 2.24. The second-order valence-electron chi connectivity index (χ2n) is 6.11. The molecule has 4 nitrogen and oxygen atoms in total. The van der Waals surface area contributed by atoms with Crippen LogP contribution in [0.4, 0.5) is 5.69 Å². The molecule has 1 aliphatic heterocycles. The number of amides is 1. The van der Waals surface area contributed by atoms with E-state index in [2.05, 4.69) is 23.3 Å². The third-order valence-electron chi connectivity index (χ3n) is 4.29. The van der Waals surface area contributed by atoms with Crippen LogP contribution in [0, 0.1) is 6.92 Å². The first-order valence-corrected chi connectivity index (χ1v) is 9.32. The monoisotopic (exact) mass is 362 g/mol. The molecule has 1 N–H and O–H groups in total. The number of fused-ring (bicyclic) bond motifs is 1. The zero-order valence-electron chi connectivity index (χ0n) is 14.6. The number of furan rings is 1. The van der Waals surface area contributed by atoms with E-state index in [-0.39, 0.29) is 5.91 Å². The lowest BCUT2D eigenvalue weighted by molar-refractivity contribution is -0.115. The van der Waals surface area contributed by atoms with Crippen molar-refractivity contribution in [1.82, 2.24) is 5.32 Å². The number of nitrogens with zero attached hydrogens (tertiary/aromatic N) is 1. The Labute approximate surface area is 156 Å². The minimum absolute atomic E-state index is 0.154. The quantitative estimate of drug-likeness (QED) is 0.652. The van der Waals surface area contributed by atoms with E-state index in [4.69, 9.17) is 4.42 Å². The Morgan fingerprint density at radius 1 is 1.19 bits per heavy atom. The van der Waals surface area contributed by atoms with E-state index >= 15 is 0 Å². The standard InChI is InChI=1S/C21H18N2O2S/c1-3-14-8-6-9-15-11-16(25-19(14)15)12-18-20(24)23-21(26-18)22-17-10-5-4-7-13(17)2/h4-12H,3H2,1-2H3,(H,22,23,24)/b18-12-. The SMILES string of the molecule is CCc1cccc2cc(/C=C3\SC(=Nc4ccccc4C)NC3=O)oc12. The van der Waals surface area contributed by atoms with E-state index < -0.39 is 0 Å². The van der Waals surface area contributed by atoms with Crippen LogP contribution in [0.25, 0.3) is 17.0 Å². The van der Waals surface area contributed by atoms with Gasteiger partial charge in [0.1, 0.15) is 11.3 Å². The van der Waals surface area contributed by atoms with E-state index in [1.165, 1.54) is 11.8 Å². The predicted molar refractivity (Wildman–Crippen MR) is 108 cm³/mol. The maximum absolute atomic E-state index is 12.3. The van der Waals surface area contributed by atoms with Crippen LogP contribution in [0.2, 0.25) is 0 Å². The summed E-state index contributed by atoms with van der Waals surface area (Å²) in [5, 5.41) is 4.45.